The van der Waals surface area contributed by atoms with Crippen LogP contribution in [0.25, 0.3) is 0 Å². The van der Waals surface area contributed by atoms with Gasteiger partial charge in [-0.25, -0.2) is 0 Å². The minimum atomic E-state index is -3.99. The van der Waals surface area contributed by atoms with Crippen LogP contribution in [0.5, 0.6) is 0 Å². The van der Waals surface area contributed by atoms with Gasteiger partial charge in [-0.2, -0.15) is 0 Å². The number of carbonyl (C=O) groups excluding carboxylic acids is 2. The molecule has 0 bridgehead atoms. The SMILES string of the molecule is CCCCNC(=O)[C@H](C)C[C@H](O)[C@H](CC1CCCCC1)NC(=O)[C@H](CCCC)OP(=O)(O)CCCCc1ccccc1. The molecule has 4 N–H and O–H groups in total. The van der Waals surface area contributed by atoms with Gasteiger partial charge in [0.25, 0.3) is 0 Å². The topological polar surface area (TPSA) is 125 Å². The summed E-state index contributed by atoms with van der Waals surface area (Å²) in [7, 11) is -3.99. The number of unbranched alkanes of at least 4 members (excludes halogenated alkanes) is 3. The Morgan fingerprint density at radius 2 is 1.69 bits per heavy atom. The zero-order valence-electron chi connectivity index (χ0n) is 26.3. The van der Waals surface area contributed by atoms with Crippen LogP contribution in [0.1, 0.15) is 116 Å². The van der Waals surface area contributed by atoms with Crippen molar-refractivity contribution in [3.8, 4) is 0 Å². The Morgan fingerprint density at radius 1 is 1.00 bits per heavy atom. The molecule has 2 amide bonds. The highest BCUT2D eigenvalue weighted by Crippen LogP contribution is 2.45. The van der Waals surface area contributed by atoms with Crippen LogP contribution in [0.15, 0.2) is 30.3 Å². The van der Waals surface area contributed by atoms with Crippen LogP contribution in [0.3, 0.4) is 0 Å². The quantitative estimate of drug-likeness (QED) is 0.0929. The maximum atomic E-state index is 13.5. The number of rotatable bonds is 21. The summed E-state index contributed by atoms with van der Waals surface area (Å²) in [5.74, 6) is -0.566. The Balaban J connectivity index is 2.02. The zero-order chi connectivity index (χ0) is 30.8. The summed E-state index contributed by atoms with van der Waals surface area (Å²) in [6.45, 7) is 6.48. The van der Waals surface area contributed by atoms with Gasteiger partial charge in [0.2, 0.25) is 11.8 Å². The molecule has 2 rings (SSSR count). The van der Waals surface area contributed by atoms with E-state index < -0.39 is 37.7 Å². The molecule has 0 heterocycles. The molecule has 0 aromatic heterocycles. The Kier molecular flexibility index (Phi) is 17.6. The Morgan fingerprint density at radius 3 is 2.36 bits per heavy atom. The van der Waals surface area contributed by atoms with Crippen molar-refractivity contribution in [1.82, 2.24) is 10.6 Å². The first-order valence-electron chi connectivity index (χ1n) is 16.4. The smallest absolute Gasteiger partial charge is 0.328 e. The third-order valence-electron chi connectivity index (χ3n) is 8.38. The van der Waals surface area contributed by atoms with Gasteiger partial charge in [-0.3, -0.25) is 18.7 Å². The van der Waals surface area contributed by atoms with E-state index in [2.05, 4.69) is 17.6 Å². The highest BCUT2D eigenvalue weighted by atomic mass is 31.2. The number of amides is 2. The highest BCUT2D eigenvalue weighted by molar-refractivity contribution is 7.52. The first-order chi connectivity index (χ1) is 20.1. The largest absolute Gasteiger partial charge is 0.391 e. The zero-order valence-corrected chi connectivity index (χ0v) is 27.2. The van der Waals surface area contributed by atoms with Crippen molar-refractivity contribution < 1.29 is 28.7 Å². The van der Waals surface area contributed by atoms with Crippen molar-refractivity contribution in [2.45, 2.75) is 135 Å². The van der Waals surface area contributed by atoms with Gasteiger partial charge in [-0.05, 0) is 56.4 Å². The van der Waals surface area contributed by atoms with Crippen LogP contribution >= 0.6 is 7.60 Å². The summed E-state index contributed by atoms with van der Waals surface area (Å²) in [5.41, 5.74) is 1.18. The van der Waals surface area contributed by atoms with Crippen LogP contribution in [-0.2, 0) is 25.1 Å². The standard InChI is InChI=1S/C33H57N2O6P/c1-4-6-21-31(41-42(39,40)23-15-14-18-27-16-10-8-11-17-27)33(38)35-29(25-28-19-12-9-13-20-28)30(36)24-26(3)32(37)34-22-7-5-2/h8,10-11,16-17,26,28-31,36H,4-7,9,12-15,18-25H2,1-3H3,(H,34,37)(H,35,38)(H,39,40)/t26-,29+,30+,31+/m1/s1. The van der Waals surface area contributed by atoms with Crippen molar-refractivity contribution in [3.05, 3.63) is 35.9 Å². The molecule has 0 aliphatic heterocycles. The number of aliphatic hydroxyl groups is 1. The van der Waals surface area contributed by atoms with Crippen molar-refractivity contribution in [3.63, 3.8) is 0 Å². The van der Waals surface area contributed by atoms with Crippen LogP contribution in [0.4, 0.5) is 0 Å². The van der Waals surface area contributed by atoms with E-state index in [4.69, 9.17) is 4.52 Å². The van der Waals surface area contributed by atoms with E-state index in [-0.39, 0.29) is 18.5 Å². The number of aliphatic hydroxyl groups excluding tert-OH is 1. The molecule has 0 radical (unpaired) electrons. The van der Waals surface area contributed by atoms with Crippen LogP contribution < -0.4 is 10.6 Å². The van der Waals surface area contributed by atoms with Crippen molar-refractivity contribution >= 4 is 19.4 Å². The number of carbonyl (C=O) groups is 2. The van der Waals surface area contributed by atoms with E-state index >= 15 is 0 Å². The molecule has 8 nitrogen and oxygen atoms in total. The van der Waals surface area contributed by atoms with Gasteiger partial charge in [-0.15, -0.1) is 0 Å². The van der Waals surface area contributed by atoms with E-state index in [9.17, 15) is 24.2 Å². The average Bonchev–Trinajstić information content (AvgIpc) is 2.98. The lowest BCUT2D eigenvalue weighted by Crippen LogP contribution is -2.49. The molecular weight excluding hydrogens is 551 g/mol. The molecule has 240 valence electrons. The lowest BCUT2D eigenvalue weighted by atomic mass is 9.82. The van der Waals surface area contributed by atoms with E-state index in [0.717, 1.165) is 57.8 Å². The summed E-state index contributed by atoms with van der Waals surface area (Å²) in [4.78, 5) is 36.8. The Labute approximate surface area is 254 Å². The van der Waals surface area contributed by atoms with E-state index in [1.54, 1.807) is 6.92 Å². The second-order valence-electron chi connectivity index (χ2n) is 12.2. The predicted molar refractivity (Wildman–Crippen MR) is 169 cm³/mol. The van der Waals surface area contributed by atoms with Crippen molar-refractivity contribution in [1.29, 1.82) is 0 Å². The average molecular weight is 609 g/mol. The molecule has 9 heteroatoms. The summed E-state index contributed by atoms with van der Waals surface area (Å²) >= 11 is 0. The number of aryl methyl sites for hydroxylation is 1. The molecule has 1 saturated carbocycles. The number of nitrogens with one attached hydrogen (secondary N) is 2. The molecule has 1 unspecified atom stereocenters. The summed E-state index contributed by atoms with van der Waals surface area (Å²) in [5, 5.41) is 17.2. The van der Waals surface area contributed by atoms with Gasteiger partial charge in [0.15, 0.2) is 0 Å². The van der Waals surface area contributed by atoms with Gasteiger partial charge >= 0.3 is 7.60 Å². The van der Waals surface area contributed by atoms with Crippen LogP contribution in [-0.4, -0.2) is 52.8 Å². The number of hydrogen-bond donors (Lipinski definition) is 4. The van der Waals surface area contributed by atoms with E-state index in [0.29, 0.717) is 38.1 Å². The molecule has 1 aliphatic rings. The van der Waals surface area contributed by atoms with Gasteiger partial charge in [-0.1, -0.05) is 102 Å². The fourth-order valence-electron chi connectivity index (χ4n) is 5.72. The van der Waals surface area contributed by atoms with Crippen LogP contribution in [0, 0.1) is 11.8 Å². The molecule has 42 heavy (non-hydrogen) atoms. The minimum absolute atomic E-state index is 0.00543. The fraction of sp³-hybridized carbons (Fsp3) is 0.758. The first kappa shape index (κ1) is 36.5. The van der Waals surface area contributed by atoms with Crippen molar-refractivity contribution in [2.75, 3.05) is 12.7 Å². The van der Waals surface area contributed by atoms with E-state index in [1.807, 2.05) is 37.3 Å². The molecule has 1 aromatic rings. The summed E-state index contributed by atoms with van der Waals surface area (Å²) < 4.78 is 18.7. The third-order valence-corrected chi connectivity index (χ3v) is 9.84. The van der Waals surface area contributed by atoms with Gasteiger partial charge in [0.05, 0.1) is 18.3 Å². The predicted octanol–water partition coefficient (Wildman–Crippen LogP) is 6.53. The van der Waals surface area contributed by atoms with Crippen LogP contribution in [0.2, 0.25) is 0 Å². The number of hydrogen-bond acceptors (Lipinski definition) is 5. The van der Waals surface area contributed by atoms with Gasteiger partial charge in [0, 0.05) is 12.5 Å². The summed E-state index contributed by atoms with van der Waals surface area (Å²) in [6.07, 6.45) is 10.3. The minimum Gasteiger partial charge on any atom is -0.391 e. The molecular formula is C33H57N2O6P. The Hall–Kier alpha value is -1.73. The van der Waals surface area contributed by atoms with Crippen molar-refractivity contribution in [2.24, 2.45) is 11.8 Å². The first-order valence-corrected chi connectivity index (χ1v) is 18.2. The molecule has 0 spiro atoms. The molecule has 0 saturated heterocycles. The maximum Gasteiger partial charge on any atom is 0.328 e. The Bertz CT molecular complexity index is 940. The van der Waals surface area contributed by atoms with E-state index in [1.165, 1.54) is 12.0 Å². The lowest BCUT2D eigenvalue weighted by Gasteiger charge is -2.32. The molecule has 1 aliphatic carbocycles. The monoisotopic (exact) mass is 608 g/mol. The third kappa shape index (κ3) is 14.6. The fourth-order valence-corrected chi connectivity index (χ4v) is 7.05. The molecule has 5 atom stereocenters. The highest BCUT2D eigenvalue weighted by Gasteiger charge is 2.34. The second kappa shape index (κ2) is 20.3. The maximum absolute atomic E-state index is 13.5. The molecule has 1 aromatic carbocycles. The normalized spacial score (nSPS) is 18.4. The van der Waals surface area contributed by atoms with Gasteiger partial charge < -0.3 is 20.6 Å². The number of benzene rings is 1. The summed E-state index contributed by atoms with van der Waals surface area (Å²) in [6, 6.07) is 9.45. The van der Waals surface area contributed by atoms with Gasteiger partial charge in [0.1, 0.15) is 6.10 Å². The molecule has 1 fully saturated rings. The second-order valence-corrected chi connectivity index (χ2v) is 14.2. The lowest BCUT2D eigenvalue weighted by molar-refractivity contribution is -0.130.